The van der Waals surface area contributed by atoms with Crippen molar-refractivity contribution < 1.29 is 8.42 Å². The van der Waals surface area contributed by atoms with Gasteiger partial charge < -0.3 is 5.73 Å². The second kappa shape index (κ2) is 4.40. The molecule has 1 aromatic carbocycles. The van der Waals surface area contributed by atoms with Gasteiger partial charge in [0.25, 0.3) is 0 Å². The van der Waals surface area contributed by atoms with E-state index in [4.69, 9.17) is 17.3 Å². The van der Waals surface area contributed by atoms with Crippen molar-refractivity contribution in [1.29, 1.82) is 0 Å². The first-order valence-electron chi connectivity index (χ1n) is 5.78. The van der Waals surface area contributed by atoms with Gasteiger partial charge in [-0.25, -0.2) is 8.42 Å². The van der Waals surface area contributed by atoms with Crippen molar-refractivity contribution in [2.24, 2.45) is 5.41 Å². The Kier molecular flexibility index (Phi) is 3.34. The highest BCUT2D eigenvalue weighted by Crippen LogP contribution is 2.33. The molecule has 2 rings (SSSR count). The molecule has 0 atom stereocenters. The van der Waals surface area contributed by atoms with E-state index in [0.717, 1.165) is 6.42 Å². The van der Waals surface area contributed by atoms with Crippen LogP contribution >= 0.6 is 11.6 Å². The number of anilines is 1. The summed E-state index contributed by atoms with van der Waals surface area (Å²) in [5.74, 6) is 0. The molecule has 4 nitrogen and oxygen atoms in total. The van der Waals surface area contributed by atoms with Crippen LogP contribution < -0.4 is 5.73 Å². The number of benzene rings is 1. The normalized spacial score (nSPS) is 20.2. The maximum atomic E-state index is 12.4. The molecule has 1 saturated heterocycles. The minimum atomic E-state index is -3.45. The summed E-state index contributed by atoms with van der Waals surface area (Å²) in [4.78, 5) is 0.210. The predicted molar refractivity (Wildman–Crippen MR) is 73.0 cm³/mol. The van der Waals surface area contributed by atoms with Gasteiger partial charge in [-0.05, 0) is 30.0 Å². The lowest BCUT2D eigenvalue weighted by molar-refractivity contribution is 0.375. The average molecular weight is 289 g/mol. The van der Waals surface area contributed by atoms with Gasteiger partial charge in [-0.15, -0.1) is 0 Å². The number of hydrogen-bond donors (Lipinski definition) is 1. The first-order chi connectivity index (χ1) is 8.22. The van der Waals surface area contributed by atoms with E-state index in [9.17, 15) is 8.42 Å². The number of nitrogen functional groups attached to an aromatic ring is 1. The van der Waals surface area contributed by atoms with Gasteiger partial charge in [0.05, 0.1) is 15.6 Å². The van der Waals surface area contributed by atoms with E-state index in [0.29, 0.717) is 18.1 Å². The third kappa shape index (κ3) is 2.48. The van der Waals surface area contributed by atoms with Gasteiger partial charge >= 0.3 is 0 Å². The van der Waals surface area contributed by atoms with Crippen LogP contribution in [0.3, 0.4) is 0 Å². The Morgan fingerprint density at radius 2 is 2.06 bits per heavy atom. The number of hydrogen-bond acceptors (Lipinski definition) is 3. The third-order valence-electron chi connectivity index (χ3n) is 3.25. The van der Waals surface area contributed by atoms with Gasteiger partial charge in [0, 0.05) is 13.1 Å². The first kappa shape index (κ1) is 13.6. The molecule has 0 unspecified atom stereocenters. The summed E-state index contributed by atoms with van der Waals surface area (Å²) in [6.45, 7) is 5.23. The fourth-order valence-corrected chi connectivity index (χ4v) is 3.88. The molecule has 0 aliphatic carbocycles. The van der Waals surface area contributed by atoms with Crippen molar-refractivity contribution >= 4 is 27.3 Å². The number of rotatable bonds is 2. The summed E-state index contributed by atoms with van der Waals surface area (Å²) < 4.78 is 26.3. The van der Waals surface area contributed by atoms with Crippen molar-refractivity contribution in [3.05, 3.63) is 23.2 Å². The molecule has 18 heavy (non-hydrogen) atoms. The highest BCUT2D eigenvalue weighted by atomic mass is 35.5. The average Bonchev–Trinajstić information content (AvgIpc) is 2.63. The van der Waals surface area contributed by atoms with Gasteiger partial charge in [0.2, 0.25) is 10.0 Å². The Morgan fingerprint density at radius 3 is 2.56 bits per heavy atom. The lowest BCUT2D eigenvalue weighted by atomic mass is 9.93. The van der Waals surface area contributed by atoms with E-state index in [1.54, 1.807) is 0 Å². The minimum Gasteiger partial charge on any atom is -0.397 e. The van der Waals surface area contributed by atoms with Crippen molar-refractivity contribution in [2.75, 3.05) is 18.8 Å². The van der Waals surface area contributed by atoms with Crippen molar-refractivity contribution in [1.82, 2.24) is 4.31 Å². The summed E-state index contributed by atoms with van der Waals surface area (Å²) in [5.41, 5.74) is 5.98. The summed E-state index contributed by atoms with van der Waals surface area (Å²) in [5, 5.41) is 0.371. The molecule has 2 N–H and O–H groups in total. The summed E-state index contributed by atoms with van der Waals surface area (Å²) >= 11 is 5.80. The van der Waals surface area contributed by atoms with E-state index < -0.39 is 10.0 Å². The molecular weight excluding hydrogens is 272 g/mol. The van der Waals surface area contributed by atoms with Crippen LogP contribution in [0.25, 0.3) is 0 Å². The predicted octanol–water partition coefficient (Wildman–Crippen LogP) is 2.34. The second-order valence-electron chi connectivity index (χ2n) is 5.44. The molecule has 1 aromatic rings. The van der Waals surface area contributed by atoms with Gasteiger partial charge in [-0.3, -0.25) is 0 Å². The zero-order valence-corrected chi connectivity index (χ0v) is 12.1. The van der Waals surface area contributed by atoms with E-state index in [1.165, 1.54) is 22.5 Å². The lowest BCUT2D eigenvalue weighted by Crippen LogP contribution is -2.30. The van der Waals surface area contributed by atoms with Crippen LogP contribution in [0.4, 0.5) is 5.69 Å². The SMILES string of the molecule is CC1(C)CCN(S(=O)(=O)c2ccc(Cl)c(N)c2)C1. The fourth-order valence-electron chi connectivity index (χ4n) is 2.10. The number of halogens is 1. The molecule has 1 aliphatic rings. The van der Waals surface area contributed by atoms with E-state index >= 15 is 0 Å². The lowest BCUT2D eigenvalue weighted by Gasteiger charge is -2.20. The van der Waals surface area contributed by atoms with Gasteiger partial charge in [-0.2, -0.15) is 4.31 Å². The largest absolute Gasteiger partial charge is 0.397 e. The quantitative estimate of drug-likeness (QED) is 0.850. The summed E-state index contributed by atoms with van der Waals surface area (Å²) in [6, 6.07) is 4.44. The molecule has 0 bridgehead atoms. The first-order valence-corrected chi connectivity index (χ1v) is 7.59. The highest BCUT2D eigenvalue weighted by molar-refractivity contribution is 7.89. The molecule has 100 valence electrons. The number of nitrogens with two attached hydrogens (primary N) is 1. The van der Waals surface area contributed by atoms with Crippen molar-refractivity contribution in [2.45, 2.75) is 25.2 Å². The maximum absolute atomic E-state index is 12.4. The zero-order chi connectivity index (χ0) is 13.6. The molecule has 6 heteroatoms. The molecule has 0 amide bonds. The third-order valence-corrected chi connectivity index (χ3v) is 5.43. The smallest absolute Gasteiger partial charge is 0.243 e. The Hall–Kier alpha value is -0.780. The molecule has 1 heterocycles. The summed E-state index contributed by atoms with van der Waals surface area (Å²) in [7, 11) is -3.45. The van der Waals surface area contributed by atoms with Crippen LogP contribution in [-0.4, -0.2) is 25.8 Å². The van der Waals surface area contributed by atoms with Crippen LogP contribution in [0.5, 0.6) is 0 Å². The molecule has 0 aromatic heterocycles. The zero-order valence-electron chi connectivity index (χ0n) is 10.5. The van der Waals surface area contributed by atoms with Crippen molar-refractivity contribution in [3.63, 3.8) is 0 Å². The van der Waals surface area contributed by atoms with Crippen molar-refractivity contribution in [3.8, 4) is 0 Å². The Morgan fingerprint density at radius 1 is 1.39 bits per heavy atom. The van der Waals surface area contributed by atoms with Crippen LogP contribution in [0, 0.1) is 5.41 Å². The van der Waals surface area contributed by atoms with Crippen LogP contribution in [-0.2, 0) is 10.0 Å². The van der Waals surface area contributed by atoms with Gasteiger partial charge in [-0.1, -0.05) is 25.4 Å². The maximum Gasteiger partial charge on any atom is 0.243 e. The van der Waals surface area contributed by atoms with Gasteiger partial charge in [0.1, 0.15) is 0 Å². The number of sulfonamides is 1. The van der Waals surface area contributed by atoms with Crippen LogP contribution in [0.15, 0.2) is 23.1 Å². The van der Waals surface area contributed by atoms with Crippen LogP contribution in [0.1, 0.15) is 20.3 Å². The minimum absolute atomic E-state index is 0.0328. The topological polar surface area (TPSA) is 63.4 Å². The molecule has 1 aliphatic heterocycles. The van der Waals surface area contributed by atoms with E-state index in [1.807, 2.05) is 0 Å². The Labute approximate surface area is 113 Å². The van der Waals surface area contributed by atoms with E-state index in [2.05, 4.69) is 13.8 Å². The molecule has 1 fully saturated rings. The molecular formula is C12H17ClN2O2S. The highest BCUT2D eigenvalue weighted by Gasteiger charge is 2.36. The Balaban J connectivity index is 2.34. The number of nitrogens with zero attached hydrogens (tertiary/aromatic N) is 1. The molecule has 0 spiro atoms. The Bertz CT molecular complexity index is 569. The van der Waals surface area contributed by atoms with Gasteiger partial charge in [0.15, 0.2) is 0 Å². The monoisotopic (exact) mass is 288 g/mol. The van der Waals surface area contributed by atoms with Crippen LogP contribution in [0.2, 0.25) is 5.02 Å². The van der Waals surface area contributed by atoms with E-state index in [-0.39, 0.29) is 16.0 Å². The molecule has 0 saturated carbocycles. The standard InChI is InChI=1S/C12H17ClN2O2S/c1-12(2)5-6-15(8-12)18(16,17)9-3-4-10(13)11(14)7-9/h3-4,7H,5-6,8,14H2,1-2H3. The summed E-state index contributed by atoms with van der Waals surface area (Å²) in [6.07, 6.45) is 0.870. The molecule has 0 radical (unpaired) electrons. The fraction of sp³-hybridized carbons (Fsp3) is 0.500. The second-order valence-corrected chi connectivity index (χ2v) is 7.78.